The second-order valence-corrected chi connectivity index (χ2v) is 6.10. The van der Waals surface area contributed by atoms with Gasteiger partial charge in [0.1, 0.15) is 13.3 Å². The maximum atomic E-state index is 11.7. The fourth-order valence-electron chi connectivity index (χ4n) is 1.60. The second-order valence-electron chi connectivity index (χ2n) is 4.56. The van der Waals surface area contributed by atoms with Gasteiger partial charge >= 0.3 is 5.82 Å². The molecule has 0 N–H and O–H groups in total. The Hall–Kier alpha value is -2.44. The Bertz CT molecular complexity index is 748. The summed E-state index contributed by atoms with van der Waals surface area (Å²) in [7, 11) is -0.593. The number of aromatic nitrogens is 1. The quantitative estimate of drug-likeness (QED) is 0.280. The number of azo groups is 1. The van der Waals surface area contributed by atoms with Crippen molar-refractivity contribution in [2.75, 3.05) is 20.4 Å². The van der Waals surface area contributed by atoms with Gasteiger partial charge in [-0.3, -0.25) is 4.79 Å². The average Bonchev–Trinajstić information content (AvgIpc) is 2.78. The zero-order chi connectivity index (χ0) is 18.3. The van der Waals surface area contributed by atoms with Gasteiger partial charge in [0.25, 0.3) is 16.0 Å². The summed E-state index contributed by atoms with van der Waals surface area (Å²) in [6.45, 7) is 1.75. The normalized spacial score (nSPS) is 17.5. The molecule has 0 bridgehead atoms. The minimum absolute atomic E-state index is 0.184. The molecule has 132 valence electrons. The molecule has 1 amide bonds. The van der Waals surface area contributed by atoms with E-state index in [1.54, 1.807) is 26.2 Å². The number of amides is 1. The highest BCUT2D eigenvalue weighted by Crippen LogP contribution is 2.13. The van der Waals surface area contributed by atoms with Gasteiger partial charge in [0, 0.05) is 13.1 Å². The summed E-state index contributed by atoms with van der Waals surface area (Å²) in [5.74, 6) is 0.325. The molecule has 1 unspecified atom stereocenters. The van der Waals surface area contributed by atoms with Gasteiger partial charge < -0.3 is 14.4 Å². The lowest BCUT2D eigenvalue weighted by atomic mass is 10.2. The highest BCUT2D eigenvalue weighted by atomic mass is 32.2. The summed E-state index contributed by atoms with van der Waals surface area (Å²) in [4.78, 5) is 16.8. The molecule has 1 aliphatic heterocycles. The lowest BCUT2D eigenvalue weighted by Crippen LogP contribution is -2.40. The number of hydrogen-bond donors (Lipinski definition) is 0. The first kappa shape index (κ1) is 19.6. The molecule has 1 aliphatic rings. The van der Waals surface area contributed by atoms with Gasteiger partial charge in [0.2, 0.25) is 6.04 Å². The molecule has 0 aromatic carbocycles. The maximum Gasteiger partial charge on any atom is 0.388 e. The van der Waals surface area contributed by atoms with Crippen molar-refractivity contribution in [3.63, 3.8) is 0 Å². The minimum atomic E-state index is -3.72. The molecule has 2 heterocycles. The number of pyridine rings is 1. The van der Waals surface area contributed by atoms with Crippen molar-refractivity contribution < 1.29 is 32.4 Å². The van der Waals surface area contributed by atoms with E-state index in [9.17, 15) is 13.2 Å². The lowest BCUT2D eigenvalue weighted by Gasteiger charge is -2.01. The highest BCUT2D eigenvalue weighted by molar-refractivity contribution is 7.85. The van der Waals surface area contributed by atoms with Crippen molar-refractivity contribution in [1.82, 2.24) is 5.01 Å². The number of rotatable bonds is 4. The molecule has 12 heteroatoms. The summed E-state index contributed by atoms with van der Waals surface area (Å²) in [6.07, 6.45) is 2.39. The van der Waals surface area contributed by atoms with Crippen LogP contribution in [0.4, 0.5) is 5.82 Å². The van der Waals surface area contributed by atoms with Crippen molar-refractivity contribution in [2.24, 2.45) is 15.3 Å². The van der Waals surface area contributed by atoms with E-state index in [0.29, 0.717) is 17.8 Å². The molecule has 0 radical (unpaired) electrons. The number of carbonyl (C=O) groups excluding carboxylic acids is 1. The summed E-state index contributed by atoms with van der Waals surface area (Å²) in [5.41, 5.74) is 0.631. The van der Waals surface area contributed by atoms with Crippen molar-refractivity contribution in [3.05, 3.63) is 24.4 Å². The third-order valence-electron chi connectivity index (χ3n) is 2.66. The van der Waals surface area contributed by atoms with Gasteiger partial charge in [0.15, 0.2) is 0 Å². The first-order valence-electron chi connectivity index (χ1n) is 6.49. The third kappa shape index (κ3) is 5.64. The van der Waals surface area contributed by atoms with E-state index < -0.39 is 16.2 Å². The SMILES string of the molecule is CO[n+]1ccccc1N=NC1C(=O)N(C)N=C1C.CS(=O)(=O)O[O-]. The van der Waals surface area contributed by atoms with E-state index in [1.165, 1.54) is 16.8 Å². The number of nitrogens with zero attached hydrogens (tertiary/aromatic N) is 5. The molecule has 0 spiro atoms. The molecule has 0 saturated carbocycles. The Morgan fingerprint density at radius 1 is 1.42 bits per heavy atom. The van der Waals surface area contributed by atoms with E-state index >= 15 is 0 Å². The predicted octanol–water partition coefficient (Wildman–Crippen LogP) is -1.43. The number of carbonyl (C=O) groups is 1. The molecule has 0 saturated heterocycles. The summed E-state index contributed by atoms with van der Waals surface area (Å²) < 4.78 is 23.0. The van der Waals surface area contributed by atoms with Crippen LogP contribution in [0, 0.1) is 0 Å². The van der Waals surface area contributed by atoms with E-state index in [2.05, 4.69) is 19.7 Å². The standard InChI is InChI=1S/C11H14N5O2.CH4O4S/c1-8-10(11(17)15(2)14-8)13-12-9-6-4-5-7-16(9)18-3;1-6(3,4)5-2/h4-7,10H,1-3H3;2H,1H3/q+1;/p-1. The van der Waals surface area contributed by atoms with Crippen molar-refractivity contribution in [1.29, 1.82) is 0 Å². The van der Waals surface area contributed by atoms with Crippen LogP contribution in [0.25, 0.3) is 0 Å². The summed E-state index contributed by atoms with van der Waals surface area (Å²) in [5, 5.41) is 22.2. The number of hydrazone groups is 1. The average molecular weight is 359 g/mol. The summed E-state index contributed by atoms with van der Waals surface area (Å²) in [6, 6.07) is 4.72. The van der Waals surface area contributed by atoms with Gasteiger partial charge in [-0.05, 0) is 23.8 Å². The van der Waals surface area contributed by atoms with Crippen LogP contribution in [0.2, 0.25) is 0 Å². The Morgan fingerprint density at radius 3 is 2.50 bits per heavy atom. The van der Waals surface area contributed by atoms with Gasteiger partial charge in [0.05, 0.1) is 17.1 Å². The van der Waals surface area contributed by atoms with Crippen molar-refractivity contribution in [2.45, 2.75) is 13.0 Å². The van der Waals surface area contributed by atoms with Gasteiger partial charge in [-0.1, -0.05) is 5.11 Å². The van der Waals surface area contributed by atoms with Crippen LogP contribution in [0.15, 0.2) is 39.7 Å². The number of hydrogen-bond acceptors (Lipinski definition) is 9. The fraction of sp³-hybridized carbons (Fsp3) is 0.417. The molecule has 2 rings (SSSR count). The molecular formula is C12H17N5O6S. The van der Waals surface area contributed by atoms with Crippen LogP contribution in [0.5, 0.6) is 0 Å². The van der Waals surface area contributed by atoms with Crippen LogP contribution < -0.4 is 14.8 Å². The zero-order valence-electron chi connectivity index (χ0n) is 13.5. The molecule has 11 nitrogen and oxygen atoms in total. The number of likely N-dealkylation sites (N-methyl/N-ethyl adjacent to an activating group) is 1. The molecular weight excluding hydrogens is 342 g/mol. The zero-order valence-corrected chi connectivity index (χ0v) is 14.3. The van der Waals surface area contributed by atoms with Crippen molar-refractivity contribution in [3.8, 4) is 0 Å². The van der Waals surface area contributed by atoms with E-state index in [0.717, 1.165) is 0 Å². The van der Waals surface area contributed by atoms with Crippen LogP contribution in [0.1, 0.15) is 6.92 Å². The van der Waals surface area contributed by atoms with Gasteiger partial charge in [-0.15, -0.1) is 0 Å². The minimum Gasteiger partial charge on any atom is -0.707 e. The molecule has 1 atom stereocenters. The Morgan fingerprint density at radius 2 is 2.04 bits per heavy atom. The van der Waals surface area contributed by atoms with E-state index in [1.807, 2.05) is 12.1 Å². The molecule has 0 aliphatic carbocycles. The maximum absolute atomic E-state index is 11.7. The fourth-order valence-corrected chi connectivity index (χ4v) is 1.60. The van der Waals surface area contributed by atoms with Crippen molar-refractivity contribution >= 4 is 27.6 Å². The smallest absolute Gasteiger partial charge is 0.388 e. The first-order chi connectivity index (χ1) is 11.2. The molecule has 1 aromatic heterocycles. The summed E-state index contributed by atoms with van der Waals surface area (Å²) >= 11 is 0. The Balaban J connectivity index is 0.000000413. The Kier molecular flexibility index (Phi) is 6.88. The molecule has 24 heavy (non-hydrogen) atoms. The van der Waals surface area contributed by atoms with Crippen LogP contribution in [0.3, 0.4) is 0 Å². The highest BCUT2D eigenvalue weighted by Gasteiger charge is 2.33. The van der Waals surface area contributed by atoms with Crippen LogP contribution in [-0.4, -0.2) is 51.5 Å². The third-order valence-corrected chi connectivity index (χ3v) is 2.90. The van der Waals surface area contributed by atoms with E-state index in [4.69, 9.17) is 10.1 Å². The van der Waals surface area contributed by atoms with Crippen LogP contribution in [-0.2, 0) is 19.2 Å². The first-order valence-corrected chi connectivity index (χ1v) is 8.31. The predicted molar refractivity (Wildman–Crippen MR) is 79.3 cm³/mol. The largest absolute Gasteiger partial charge is 0.707 e. The molecule has 0 fully saturated rings. The van der Waals surface area contributed by atoms with Gasteiger partial charge in [-0.2, -0.15) is 5.10 Å². The lowest BCUT2D eigenvalue weighted by molar-refractivity contribution is -0.875. The Labute approximate surface area is 138 Å². The second kappa shape index (κ2) is 8.42. The van der Waals surface area contributed by atoms with E-state index in [-0.39, 0.29) is 5.91 Å². The monoisotopic (exact) mass is 359 g/mol. The van der Waals surface area contributed by atoms with Crippen LogP contribution >= 0.6 is 0 Å². The molecule has 1 aromatic rings. The van der Waals surface area contributed by atoms with Gasteiger partial charge in [-0.25, -0.2) is 13.4 Å². The topological polar surface area (TPSA) is 137 Å².